The molecule has 2 aromatic rings. The van der Waals surface area contributed by atoms with Gasteiger partial charge in [0, 0.05) is 11.8 Å². The highest BCUT2D eigenvalue weighted by molar-refractivity contribution is 5.59. The van der Waals surface area contributed by atoms with Crippen molar-refractivity contribution in [1.29, 1.82) is 0 Å². The molecular formula is C28H41N. The monoisotopic (exact) mass is 391 g/mol. The van der Waals surface area contributed by atoms with E-state index >= 15 is 0 Å². The Bertz CT molecular complexity index is 677. The third kappa shape index (κ3) is 7.28. The summed E-state index contributed by atoms with van der Waals surface area (Å²) in [6.45, 7) is 4.52. The van der Waals surface area contributed by atoms with E-state index in [4.69, 9.17) is 0 Å². The van der Waals surface area contributed by atoms with Crippen molar-refractivity contribution in [1.82, 2.24) is 4.98 Å². The molecule has 1 aromatic heterocycles. The van der Waals surface area contributed by atoms with Gasteiger partial charge in [-0.25, -0.2) is 0 Å². The molecule has 0 unspecified atom stereocenters. The molecule has 1 aliphatic carbocycles. The summed E-state index contributed by atoms with van der Waals surface area (Å²) >= 11 is 0. The molecule has 0 aliphatic heterocycles. The van der Waals surface area contributed by atoms with E-state index < -0.39 is 0 Å². The molecule has 1 saturated carbocycles. The van der Waals surface area contributed by atoms with Gasteiger partial charge in [-0.3, -0.25) is 4.98 Å². The number of benzene rings is 1. The maximum atomic E-state index is 4.66. The summed E-state index contributed by atoms with van der Waals surface area (Å²) in [6.07, 6.45) is 20.0. The molecule has 158 valence electrons. The van der Waals surface area contributed by atoms with Gasteiger partial charge in [0.15, 0.2) is 0 Å². The summed E-state index contributed by atoms with van der Waals surface area (Å²) < 4.78 is 0. The second-order valence-electron chi connectivity index (χ2n) is 9.27. The van der Waals surface area contributed by atoms with Crippen molar-refractivity contribution in [2.75, 3.05) is 0 Å². The van der Waals surface area contributed by atoms with E-state index in [2.05, 4.69) is 55.2 Å². The number of aromatic nitrogens is 1. The Morgan fingerprint density at radius 3 is 2.00 bits per heavy atom. The highest BCUT2D eigenvalue weighted by atomic mass is 14.7. The average molecular weight is 392 g/mol. The van der Waals surface area contributed by atoms with Crippen LogP contribution < -0.4 is 0 Å². The van der Waals surface area contributed by atoms with Gasteiger partial charge < -0.3 is 0 Å². The Kier molecular flexibility index (Phi) is 9.25. The van der Waals surface area contributed by atoms with Crippen LogP contribution in [0.4, 0.5) is 0 Å². The van der Waals surface area contributed by atoms with Gasteiger partial charge in [0.25, 0.3) is 0 Å². The minimum atomic E-state index is 0.953. The van der Waals surface area contributed by atoms with Crippen LogP contribution in [0, 0.1) is 11.8 Å². The van der Waals surface area contributed by atoms with Crippen molar-refractivity contribution in [3.63, 3.8) is 0 Å². The molecule has 1 heteroatoms. The van der Waals surface area contributed by atoms with Gasteiger partial charge in [-0.1, -0.05) is 108 Å². The highest BCUT2D eigenvalue weighted by Crippen LogP contribution is 2.34. The Labute approximate surface area is 179 Å². The van der Waals surface area contributed by atoms with E-state index in [0.717, 1.165) is 24.0 Å². The summed E-state index contributed by atoms with van der Waals surface area (Å²) in [4.78, 5) is 4.66. The van der Waals surface area contributed by atoms with E-state index in [1.807, 2.05) is 6.20 Å². The molecule has 0 bridgehead atoms. The van der Waals surface area contributed by atoms with Crippen LogP contribution in [-0.2, 0) is 12.8 Å². The first-order valence-corrected chi connectivity index (χ1v) is 12.3. The fourth-order valence-electron chi connectivity index (χ4n) is 4.91. The van der Waals surface area contributed by atoms with Crippen LogP contribution in [0.15, 0.2) is 42.6 Å². The Morgan fingerprint density at radius 1 is 0.690 bits per heavy atom. The summed E-state index contributed by atoms with van der Waals surface area (Å²) in [5, 5.41) is 0. The third-order valence-electron chi connectivity index (χ3n) is 6.89. The molecule has 3 rings (SSSR count). The number of unbranched alkanes of at least 4 members (excludes halogenated alkanes) is 3. The smallest absolute Gasteiger partial charge is 0.0702 e. The second kappa shape index (κ2) is 12.2. The number of nitrogens with zero attached hydrogens (tertiary/aromatic N) is 1. The molecule has 0 spiro atoms. The fraction of sp³-hybridized carbons (Fsp3) is 0.607. The summed E-state index contributed by atoms with van der Waals surface area (Å²) in [6, 6.07) is 13.5. The minimum Gasteiger partial charge on any atom is -0.256 e. The first-order chi connectivity index (χ1) is 14.3. The van der Waals surface area contributed by atoms with E-state index in [-0.39, 0.29) is 0 Å². The molecule has 0 radical (unpaired) electrons. The van der Waals surface area contributed by atoms with Crippen LogP contribution in [0.1, 0.15) is 95.6 Å². The number of aryl methyl sites for hydroxylation is 2. The quantitative estimate of drug-likeness (QED) is 0.350. The molecule has 1 heterocycles. The highest BCUT2D eigenvalue weighted by Gasteiger charge is 2.20. The molecule has 0 atom stereocenters. The van der Waals surface area contributed by atoms with Crippen molar-refractivity contribution in [2.45, 2.75) is 97.3 Å². The molecule has 1 aromatic carbocycles. The van der Waals surface area contributed by atoms with Crippen molar-refractivity contribution < 1.29 is 0 Å². The summed E-state index contributed by atoms with van der Waals surface area (Å²) in [7, 11) is 0. The number of hydrogen-bond acceptors (Lipinski definition) is 1. The van der Waals surface area contributed by atoms with Crippen LogP contribution in [0.25, 0.3) is 11.3 Å². The molecule has 0 N–H and O–H groups in total. The fourth-order valence-corrected chi connectivity index (χ4v) is 4.91. The molecule has 1 fully saturated rings. The first-order valence-electron chi connectivity index (χ1n) is 12.3. The SMILES string of the molecule is CCCCCCC1CCC(CCc2ccc(-c3ccc(CCC)cn3)cc2)CC1. The van der Waals surface area contributed by atoms with Crippen LogP contribution in [0.3, 0.4) is 0 Å². The predicted molar refractivity (Wildman–Crippen MR) is 126 cm³/mol. The molecular weight excluding hydrogens is 350 g/mol. The lowest BCUT2D eigenvalue weighted by Gasteiger charge is -2.28. The first kappa shape index (κ1) is 22.1. The zero-order valence-electron chi connectivity index (χ0n) is 18.8. The zero-order chi connectivity index (χ0) is 20.3. The second-order valence-corrected chi connectivity index (χ2v) is 9.27. The van der Waals surface area contributed by atoms with Gasteiger partial charge in [-0.15, -0.1) is 0 Å². The molecule has 1 aliphatic rings. The van der Waals surface area contributed by atoms with Gasteiger partial charge >= 0.3 is 0 Å². The molecule has 1 nitrogen and oxygen atoms in total. The van der Waals surface area contributed by atoms with E-state index in [1.54, 1.807) is 0 Å². The van der Waals surface area contributed by atoms with Gasteiger partial charge in [0.2, 0.25) is 0 Å². The summed E-state index contributed by atoms with van der Waals surface area (Å²) in [5.74, 6) is 1.98. The van der Waals surface area contributed by atoms with Crippen molar-refractivity contribution in [2.24, 2.45) is 11.8 Å². The van der Waals surface area contributed by atoms with E-state index in [0.29, 0.717) is 0 Å². The third-order valence-corrected chi connectivity index (χ3v) is 6.89. The topological polar surface area (TPSA) is 12.9 Å². The largest absolute Gasteiger partial charge is 0.256 e. The maximum absolute atomic E-state index is 4.66. The minimum absolute atomic E-state index is 0.953. The van der Waals surface area contributed by atoms with Gasteiger partial charge in [-0.2, -0.15) is 0 Å². The van der Waals surface area contributed by atoms with Crippen LogP contribution >= 0.6 is 0 Å². The maximum Gasteiger partial charge on any atom is 0.0702 e. The zero-order valence-corrected chi connectivity index (χ0v) is 18.8. The Hall–Kier alpha value is -1.63. The average Bonchev–Trinajstić information content (AvgIpc) is 2.77. The van der Waals surface area contributed by atoms with E-state index in [1.165, 1.54) is 93.7 Å². The van der Waals surface area contributed by atoms with Crippen LogP contribution in [0.5, 0.6) is 0 Å². The molecule has 0 saturated heterocycles. The molecule has 29 heavy (non-hydrogen) atoms. The number of hydrogen-bond donors (Lipinski definition) is 0. The van der Waals surface area contributed by atoms with Crippen molar-refractivity contribution in [3.8, 4) is 11.3 Å². The number of pyridine rings is 1. The molecule has 0 amide bonds. The standard InChI is InChI=1S/C28H41N/c1-3-5-6-7-9-23-10-12-24(13-11-23)14-15-25-16-19-27(20-17-25)28-21-18-26(8-4-2)22-29-28/h16-24H,3-15H2,1-2H3. The van der Waals surface area contributed by atoms with E-state index in [9.17, 15) is 0 Å². The van der Waals surface area contributed by atoms with Crippen LogP contribution in [-0.4, -0.2) is 4.98 Å². The lowest BCUT2D eigenvalue weighted by Crippen LogP contribution is -2.15. The van der Waals surface area contributed by atoms with Gasteiger partial charge in [0.1, 0.15) is 0 Å². The normalized spacial score (nSPS) is 19.4. The van der Waals surface area contributed by atoms with Crippen molar-refractivity contribution in [3.05, 3.63) is 53.7 Å². The number of rotatable bonds is 11. The van der Waals surface area contributed by atoms with Crippen molar-refractivity contribution >= 4 is 0 Å². The van der Waals surface area contributed by atoms with Gasteiger partial charge in [0.05, 0.1) is 5.69 Å². The summed E-state index contributed by atoms with van der Waals surface area (Å²) in [5.41, 5.74) is 5.15. The predicted octanol–water partition coefficient (Wildman–Crippen LogP) is 8.41. The Morgan fingerprint density at radius 2 is 1.38 bits per heavy atom. The Balaban J connectivity index is 1.39. The lowest BCUT2D eigenvalue weighted by molar-refractivity contribution is 0.249. The van der Waals surface area contributed by atoms with Gasteiger partial charge in [-0.05, 0) is 48.3 Å². The lowest BCUT2D eigenvalue weighted by atomic mass is 9.77. The van der Waals surface area contributed by atoms with Crippen LogP contribution in [0.2, 0.25) is 0 Å².